The number of benzene rings is 2. The Labute approximate surface area is 217 Å². The van der Waals surface area contributed by atoms with Crippen molar-refractivity contribution in [2.45, 2.75) is 78.2 Å². The van der Waals surface area contributed by atoms with Gasteiger partial charge in [-0.15, -0.1) is 0 Å². The normalized spacial score (nSPS) is 14.6. The third-order valence-corrected chi connectivity index (χ3v) is 6.32. The SMILES string of the molecule is CCCc1c(OCCCOc2ccc3c(c2CCC)OC(CCC(=O)O)CC3=O)ccc(C(C)=O)c1O. The maximum absolute atomic E-state index is 12.7. The summed E-state index contributed by atoms with van der Waals surface area (Å²) in [6.45, 7) is 6.18. The molecule has 0 saturated heterocycles. The number of Topliss-reactive ketones (excluding diaryl/α,β-unsaturated/α-hetero) is 2. The molecule has 0 radical (unpaired) electrons. The maximum Gasteiger partial charge on any atom is 0.303 e. The van der Waals surface area contributed by atoms with Gasteiger partial charge in [0.1, 0.15) is 29.1 Å². The van der Waals surface area contributed by atoms with Crippen molar-refractivity contribution in [2.24, 2.45) is 0 Å². The van der Waals surface area contributed by atoms with E-state index in [1.807, 2.05) is 13.8 Å². The minimum Gasteiger partial charge on any atom is -0.507 e. The summed E-state index contributed by atoms with van der Waals surface area (Å²) in [5.41, 5.74) is 2.27. The molecule has 2 aromatic rings. The van der Waals surface area contributed by atoms with Gasteiger partial charge in [0.25, 0.3) is 0 Å². The van der Waals surface area contributed by atoms with Crippen molar-refractivity contribution in [3.8, 4) is 23.0 Å². The van der Waals surface area contributed by atoms with Crippen LogP contribution in [0.5, 0.6) is 23.0 Å². The number of rotatable bonds is 14. The van der Waals surface area contributed by atoms with E-state index in [2.05, 4.69) is 0 Å². The van der Waals surface area contributed by atoms with E-state index in [0.29, 0.717) is 66.4 Å². The first kappa shape index (κ1) is 28.0. The van der Waals surface area contributed by atoms with Crippen LogP contribution in [0, 0.1) is 0 Å². The average Bonchev–Trinajstić information content (AvgIpc) is 2.85. The average molecular weight is 513 g/mol. The van der Waals surface area contributed by atoms with Crippen molar-refractivity contribution in [3.63, 3.8) is 0 Å². The summed E-state index contributed by atoms with van der Waals surface area (Å²) in [5.74, 6) is 0.538. The molecule has 1 unspecified atom stereocenters. The fourth-order valence-corrected chi connectivity index (χ4v) is 4.51. The smallest absolute Gasteiger partial charge is 0.303 e. The summed E-state index contributed by atoms with van der Waals surface area (Å²) in [5, 5.41) is 19.5. The van der Waals surface area contributed by atoms with E-state index in [1.165, 1.54) is 6.92 Å². The molecule has 0 bridgehead atoms. The molecule has 1 heterocycles. The van der Waals surface area contributed by atoms with Gasteiger partial charge in [0.2, 0.25) is 0 Å². The standard InChI is InChI=1S/C29H36O8/c1-4-7-22-25(12-10-20(18(3)30)28(22)34)35-15-6-16-36-26-13-11-21-24(31)17-19(9-14-27(32)33)37-29(21)23(26)8-5-2/h10-13,19,34H,4-9,14-17H2,1-3H3,(H,32,33). The molecule has 37 heavy (non-hydrogen) atoms. The third kappa shape index (κ3) is 7.02. The van der Waals surface area contributed by atoms with E-state index in [1.54, 1.807) is 24.3 Å². The highest BCUT2D eigenvalue weighted by molar-refractivity contribution is 6.00. The fraction of sp³-hybridized carbons (Fsp3) is 0.483. The number of phenolic OH excluding ortho intramolecular Hbond substituents is 1. The zero-order valence-corrected chi connectivity index (χ0v) is 21.8. The number of carbonyl (C=O) groups is 3. The minimum atomic E-state index is -0.915. The van der Waals surface area contributed by atoms with Gasteiger partial charge >= 0.3 is 5.97 Å². The minimum absolute atomic E-state index is 0.0161. The maximum atomic E-state index is 12.7. The first-order chi connectivity index (χ1) is 17.8. The molecule has 1 atom stereocenters. The van der Waals surface area contributed by atoms with E-state index < -0.39 is 12.1 Å². The molecule has 1 aliphatic rings. The van der Waals surface area contributed by atoms with Crippen molar-refractivity contribution < 1.29 is 38.8 Å². The number of aromatic hydroxyl groups is 1. The molecule has 2 N–H and O–H groups in total. The Hall–Kier alpha value is -3.55. The molecule has 0 amide bonds. The number of fused-ring (bicyclic) bond motifs is 1. The number of carbonyl (C=O) groups excluding carboxylic acids is 2. The van der Waals surface area contributed by atoms with Crippen LogP contribution in [0.3, 0.4) is 0 Å². The van der Waals surface area contributed by atoms with Crippen LogP contribution in [0.25, 0.3) is 0 Å². The fourth-order valence-electron chi connectivity index (χ4n) is 4.51. The van der Waals surface area contributed by atoms with Crippen LogP contribution in [-0.4, -0.2) is 47.1 Å². The van der Waals surface area contributed by atoms with Crippen LogP contribution < -0.4 is 14.2 Å². The van der Waals surface area contributed by atoms with Gasteiger partial charge in [0.05, 0.1) is 24.3 Å². The predicted molar refractivity (Wildman–Crippen MR) is 138 cm³/mol. The summed E-state index contributed by atoms with van der Waals surface area (Å²) in [7, 11) is 0. The third-order valence-electron chi connectivity index (χ3n) is 6.32. The van der Waals surface area contributed by atoms with Gasteiger partial charge in [-0.05, 0) is 50.5 Å². The van der Waals surface area contributed by atoms with Crippen LogP contribution >= 0.6 is 0 Å². The zero-order chi connectivity index (χ0) is 26.9. The van der Waals surface area contributed by atoms with Crippen molar-refractivity contribution in [3.05, 3.63) is 46.5 Å². The molecule has 2 aromatic carbocycles. The Morgan fingerprint density at radius 3 is 2.24 bits per heavy atom. The lowest BCUT2D eigenvalue weighted by Crippen LogP contribution is -2.28. The van der Waals surface area contributed by atoms with Gasteiger partial charge in [0.15, 0.2) is 11.6 Å². The highest BCUT2D eigenvalue weighted by atomic mass is 16.5. The van der Waals surface area contributed by atoms with Gasteiger partial charge in [0, 0.05) is 30.4 Å². The Bertz CT molecular complexity index is 1140. The summed E-state index contributed by atoms with van der Waals surface area (Å²) < 4.78 is 18.1. The summed E-state index contributed by atoms with van der Waals surface area (Å²) in [6, 6.07) is 6.81. The number of carboxylic acid groups (broad SMARTS) is 1. The van der Waals surface area contributed by atoms with Crippen molar-refractivity contribution in [2.75, 3.05) is 13.2 Å². The second-order valence-electron chi connectivity index (χ2n) is 9.26. The molecular weight excluding hydrogens is 476 g/mol. The second-order valence-corrected chi connectivity index (χ2v) is 9.26. The predicted octanol–water partition coefficient (Wildman–Crippen LogP) is 5.55. The molecule has 200 valence electrons. The molecule has 1 aliphatic heterocycles. The Morgan fingerprint density at radius 1 is 1.00 bits per heavy atom. The molecule has 8 nitrogen and oxygen atoms in total. The van der Waals surface area contributed by atoms with Crippen molar-refractivity contribution in [1.29, 1.82) is 0 Å². The Morgan fingerprint density at radius 2 is 1.62 bits per heavy atom. The largest absolute Gasteiger partial charge is 0.507 e. The van der Waals surface area contributed by atoms with E-state index in [0.717, 1.165) is 18.4 Å². The lowest BCUT2D eigenvalue weighted by atomic mass is 9.94. The zero-order valence-electron chi connectivity index (χ0n) is 21.8. The summed E-state index contributed by atoms with van der Waals surface area (Å²) in [4.78, 5) is 35.4. The van der Waals surface area contributed by atoms with Gasteiger partial charge < -0.3 is 24.4 Å². The van der Waals surface area contributed by atoms with Crippen LogP contribution in [0.1, 0.15) is 91.1 Å². The quantitative estimate of drug-likeness (QED) is 0.250. The van der Waals surface area contributed by atoms with E-state index in [9.17, 15) is 19.5 Å². The molecule has 3 rings (SSSR count). The number of aliphatic carboxylic acids is 1. The van der Waals surface area contributed by atoms with E-state index >= 15 is 0 Å². The summed E-state index contributed by atoms with van der Waals surface area (Å²) in [6.07, 6.45) is 3.40. The Balaban J connectivity index is 1.65. The number of ketones is 2. The lowest BCUT2D eigenvalue weighted by Gasteiger charge is -2.28. The Kier molecular flexibility index (Phi) is 9.94. The summed E-state index contributed by atoms with van der Waals surface area (Å²) >= 11 is 0. The number of hydrogen-bond acceptors (Lipinski definition) is 7. The molecule has 0 spiro atoms. The van der Waals surface area contributed by atoms with Crippen molar-refractivity contribution in [1.82, 2.24) is 0 Å². The number of phenols is 1. The van der Waals surface area contributed by atoms with Crippen LogP contribution in [0.2, 0.25) is 0 Å². The first-order valence-electron chi connectivity index (χ1n) is 13.0. The lowest BCUT2D eigenvalue weighted by molar-refractivity contribution is -0.137. The monoisotopic (exact) mass is 512 g/mol. The topological polar surface area (TPSA) is 119 Å². The van der Waals surface area contributed by atoms with Crippen LogP contribution in [0.15, 0.2) is 24.3 Å². The van der Waals surface area contributed by atoms with Crippen LogP contribution in [-0.2, 0) is 17.6 Å². The second kappa shape index (κ2) is 13.1. The van der Waals surface area contributed by atoms with Gasteiger partial charge in [-0.1, -0.05) is 26.7 Å². The molecule has 0 saturated carbocycles. The van der Waals surface area contributed by atoms with E-state index in [-0.39, 0.29) is 36.6 Å². The number of ether oxygens (including phenoxy) is 3. The van der Waals surface area contributed by atoms with Gasteiger partial charge in [-0.2, -0.15) is 0 Å². The van der Waals surface area contributed by atoms with Gasteiger partial charge in [-0.3, -0.25) is 14.4 Å². The molecular formula is C29H36O8. The number of carboxylic acids is 1. The highest BCUT2D eigenvalue weighted by Gasteiger charge is 2.30. The van der Waals surface area contributed by atoms with Crippen LogP contribution in [0.4, 0.5) is 0 Å². The highest BCUT2D eigenvalue weighted by Crippen LogP contribution is 2.39. The molecule has 0 fully saturated rings. The number of hydrogen-bond donors (Lipinski definition) is 2. The van der Waals surface area contributed by atoms with Crippen molar-refractivity contribution >= 4 is 17.5 Å². The van der Waals surface area contributed by atoms with Gasteiger partial charge in [-0.25, -0.2) is 0 Å². The molecule has 0 aliphatic carbocycles. The molecule has 8 heteroatoms. The van der Waals surface area contributed by atoms with E-state index in [4.69, 9.17) is 19.3 Å². The first-order valence-corrected chi connectivity index (χ1v) is 13.0. The molecule has 0 aromatic heterocycles.